The van der Waals surface area contributed by atoms with Crippen LogP contribution in [0.15, 0.2) is 24.3 Å². The molecule has 1 saturated carbocycles. The van der Waals surface area contributed by atoms with E-state index < -0.39 is 11.9 Å². The van der Waals surface area contributed by atoms with E-state index in [1.165, 1.54) is 6.07 Å². The molecule has 0 bridgehead atoms. The molecule has 94 valence electrons. The molecular formula is C13H18FNO2. The van der Waals surface area contributed by atoms with Gasteiger partial charge in [-0.2, -0.15) is 0 Å². The van der Waals surface area contributed by atoms with Crippen LogP contribution in [0.5, 0.6) is 0 Å². The van der Waals surface area contributed by atoms with Crippen LogP contribution in [0.3, 0.4) is 0 Å². The van der Waals surface area contributed by atoms with Gasteiger partial charge in [0, 0.05) is 17.6 Å². The van der Waals surface area contributed by atoms with Crippen molar-refractivity contribution in [3.05, 3.63) is 35.6 Å². The highest BCUT2D eigenvalue weighted by Gasteiger charge is 2.36. The predicted octanol–water partition coefficient (Wildman–Crippen LogP) is 1.36. The molecule has 1 aromatic carbocycles. The zero-order valence-electron chi connectivity index (χ0n) is 9.69. The Kier molecular flexibility index (Phi) is 3.76. The van der Waals surface area contributed by atoms with Crippen molar-refractivity contribution >= 4 is 0 Å². The van der Waals surface area contributed by atoms with Gasteiger partial charge in [-0.05, 0) is 25.3 Å². The first-order valence-corrected chi connectivity index (χ1v) is 5.95. The summed E-state index contributed by atoms with van der Waals surface area (Å²) in [5.41, 5.74) is 0.0408. The Morgan fingerprint density at radius 2 is 2.06 bits per heavy atom. The normalized spacial score (nSPS) is 19.7. The zero-order valence-corrected chi connectivity index (χ0v) is 9.69. The minimum Gasteiger partial charge on any atom is -0.394 e. The van der Waals surface area contributed by atoms with E-state index in [4.69, 9.17) is 0 Å². The summed E-state index contributed by atoms with van der Waals surface area (Å²) in [4.78, 5) is 0. The van der Waals surface area contributed by atoms with Crippen LogP contribution in [0.4, 0.5) is 4.39 Å². The summed E-state index contributed by atoms with van der Waals surface area (Å²) in [5.74, 6) is -0.395. The second-order valence-electron chi connectivity index (χ2n) is 4.71. The Morgan fingerprint density at radius 3 is 2.59 bits per heavy atom. The van der Waals surface area contributed by atoms with E-state index in [-0.39, 0.29) is 18.7 Å². The van der Waals surface area contributed by atoms with Crippen molar-refractivity contribution in [2.75, 3.05) is 13.2 Å². The lowest BCUT2D eigenvalue weighted by Gasteiger charge is -2.41. The molecule has 3 nitrogen and oxygen atoms in total. The molecular weight excluding hydrogens is 221 g/mol. The number of aliphatic hydroxyl groups excluding tert-OH is 2. The van der Waals surface area contributed by atoms with E-state index in [1.807, 2.05) is 0 Å². The highest BCUT2D eigenvalue weighted by molar-refractivity contribution is 5.20. The summed E-state index contributed by atoms with van der Waals surface area (Å²) in [5, 5.41) is 22.3. The molecule has 1 aromatic rings. The average molecular weight is 239 g/mol. The van der Waals surface area contributed by atoms with Gasteiger partial charge in [-0.1, -0.05) is 18.2 Å². The Morgan fingerprint density at radius 1 is 1.35 bits per heavy atom. The SMILES string of the molecule is OCC1(NCC(O)c2ccccc2F)CCC1. The molecule has 0 heterocycles. The number of halogens is 1. The molecule has 1 fully saturated rings. The van der Waals surface area contributed by atoms with Gasteiger partial charge in [0.05, 0.1) is 12.7 Å². The topological polar surface area (TPSA) is 52.5 Å². The Hall–Kier alpha value is -0.970. The van der Waals surface area contributed by atoms with Crippen LogP contribution in [-0.4, -0.2) is 28.9 Å². The largest absolute Gasteiger partial charge is 0.394 e. The van der Waals surface area contributed by atoms with Gasteiger partial charge in [-0.25, -0.2) is 4.39 Å². The van der Waals surface area contributed by atoms with Crippen molar-refractivity contribution in [3.8, 4) is 0 Å². The summed E-state index contributed by atoms with van der Waals surface area (Å²) < 4.78 is 13.4. The first-order valence-electron chi connectivity index (χ1n) is 5.95. The fourth-order valence-electron chi connectivity index (χ4n) is 2.16. The average Bonchev–Trinajstić information content (AvgIpc) is 2.28. The zero-order chi connectivity index (χ0) is 12.3. The lowest BCUT2D eigenvalue weighted by atomic mass is 9.77. The first-order chi connectivity index (χ1) is 8.17. The van der Waals surface area contributed by atoms with Gasteiger partial charge >= 0.3 is 0 Å². The number of benzene rings is 1. The molecule has 0 aromatic heterocycles. The van der Waals surface area contributed by atoms with Gasteiger partial charge in [-0.3, -0.25) is 0 Å². The maximum Gasteiger partial charge on any atom is 0.129 e. The Bertz CT molecular complexity index is 374. The molecule has 0 amide bonds. The summed E-state index contributed by atoms with van der Waals surface area (Å²) in [6.07, 6.45) is 2.03. The van der Waals surface area contributed by atoms with E-state index in [2.05, 4.69) is 5.32 Å². The maximum atomic E-state index is 13.4. The number of hydrogen-bond donors (Lipinski definition) is 3. The second kappa shape index (κ2) is 5.12. The van der Waals surface area contributed by atoms with Crippen LogP contribution in [-0.2, 0) is 0 Å². The standard InChI is InChI=1S/C13H18FNO2/c14-11-5-2-1-4-10(11)12(17)8-15-13(9-16)6-3-7-13/h1-2,4-5,12,15-17H,3,6-9H2. The fourth-order valence-corrected chi connectivity index (χ4v) is 2.16. The van der Waals surface area contributed by atoms with Crippen molar-refractivity contribution in [2.24, 2.45) is 0 Å². The van der Waals surface area contributed by atoms with Crippen LogP contribution in [0.1, 0.15) is 30.9 Å². The lowest BCUT2D eigenvalue weighted by Crippen LogP contribution is -2.54. The van der Waals surface area contributed by atoms with E-state index in [0.29, 0.717) is 5.56 Å². The predicted molar refractivity (Wildman–Crippen MR) is 63.0 cm³/mol. The van der Waals surface area contributed by atoms with E-state index in [0.717, 1.165) is 19.3 Å². The van der Waals surface area contributed by atoms with Gasteiger partial charge in [0.25, 0.3) is 0 Å². The van der Waals surface area contributed by atoms with Crippen LogP contribution >= 0.6 is 0 Å². The van der Waals surface area contributed by atoms with Gasteiger partial charge < -0.3 is 15.5 Å². The second-order valence-corrected chi connectivity index (χ2v) is 4.71. The molecule has 2 rings (SSSR count). The maximum absolute atomic E-state index is 13.4. The molecule has 4 heteroatoms. The van der Waals surface area contributed by atoms with Crippen LogP contribution in [0, 0.1) is 5.82 Å². The molecule has 0 aliphatic heterocycles. The number of β-amino-alcohol motifs (C(OH)–C–C–N with tert-alkyl or cyclic N) is 1. The minimum absolute atomic E-state index is 0.0665. The third-order valence-electron chi connectivity index (χ3n) is 3.55. The highest BCUT2D eigenvalue weighted by Crippen LogP contribution is 2.31. The number of nitrogens with one attached hydrogen (secondary N) is 1. The molecule has 0 spiro atoms. The van der Waals surface area contributed by atoms with Gasteiger partial charge in [0.2, 0.25) is 0 Å². The van der Waals surface area contributed by atoms with Crippen molar-refractivity contribution in [2.45, 2.75) is 30.9 Å². The molecule has 17 heavy (non-hydrogen) atoms. The summed E-state index contributed by atoms with van der Waals surface area (Å²) in [6.45, 7) is 0.332. The molecule has 3 N–H and O–H groups in total. The molecule has 1 atom stereocenters. The summed E-state index contributed by atoms with van der Waals surface area (Å²) in [7, 11) is 0. The quantitative estimate of drug-likeness (QED) is 0.727. The van der Waals surface area contributed by atoms with E-state index in [1.54, 1.807) is 18.2 Å². The van der Waals surface area contributed by atoms with Crippen LogP contribution in [0.25, 0.3) is 0 Å². The summed E-state index contributed by atoms with van der Waals surface area (Å²) >= 11 is 0. The minimum atomic E-state index is -0.875. The van der Waals surface area contributed by atoms with Crippen molar-refractivity contribution in [1.82, 2.24) is 5.32 Å². The monoisotopic (exact) mass is 239 g/mol. The Labute approximate surface area is 100 Å². The number of hydrogen-bond acceptors (Lipinski definition) is 3. The summed E-state index contributed by atoms with van der Waals surface area (Å²) in [6, 6.07) is 6.21. The molecule has 0 saturated heterocycles. The fraction of sp³-hybridized carbons (Fsp3) is 0.538. The third kappa shape index (κ3) is 2.65. The first kappa shape index (κ1) is 12.5. The molecule has 0 radical (unpaired) electrons. The van der Waals surface area contributed by atoms with Gasteiger partial charge in [-0.15, -0.1) is 0 Å². The molecule has 1 unspecified atom stereocenters. The van der Waals surface area contributed by atoms with Crippen LogP contribution < -0.4 is 5.32 Å². The Balaban J connectivity index is 1.93. The molecule has 1 aliphatic carbocycles. The van der Waals surface area contributed by atoms with Crippen LogP contribution in [0.2, 0.25) is 0 Å². The van der Waals surface area contributed by atoms with Crippen molar-refractivity contribution in [1.29, 1.82) is 0 Å². The molecule has 1 aliphatic rings. The van der Waals surface area contributed by atoms with Crippen molar-refractivity contribution in [3.63, 3.8) is 0 Å². The highest BCUT2D eigenvalue weighted by atomic mass is 19.1. The van der Waals surface area contributed by atoms with Crippen molar-refractivity contribution < 1.29 is 14.6 Å². The van der Waals surface area contributed by atoms with Gasteiger partial charge in [0.1, 0.15) is 5.82 Å². The van der Waals surface area contributed by atoms with Gasteiger partial charge in [0.15, 0.2) is 0 Å². The lowest BCUT2D eigenvalue weighted by molar-refractivity contribution is 0.0680. The van der Waals surface area contributed by atoms with E-state index in [9.17, 15) is 14.6 Å². The third-order valence-corrected chi connectivity index (χ3v) is 3.55. The smallest absolute Gasteiger partial charge is 0.129 e. The number of rotatable bonds is 5. The van der Waals surface area contributed by atoms with E-state index >= 15 is 0 Å². The number of aliphatic hydroxyl groups is 2.